The molecule has 2 heterocycles. The molecule has 0 N–H and O–H groups in total. The molecular weight excluding hydrogens is 396 g/mol. The molecule has 31 heavy (non-hydrogen) atoms. The molecule has 1 aromatic heterocycles. The van der Waals surface area contributed by atoms with Crippen molar-refractivity contribution in [2.75, 3.05) is 41.0 Å². The summed E-state index contributed by atoms with van der Waals surface area (Å²) in [7, 11) is 4.90. The van der Waals surface area contributed by atoms with Crippen molar-refractivity contribution in [3.05, 3.63) is 57.5 Å². The summed E-state index contributed by atoms with van der Waals surface area (Å²) < 4.78 is 17.5. The van der Waals surface area contributed by atoms with Crippen LogP contribution >= 0.6 is 0 Å². The van der Waals surface area contributed by atoms with E-state index in [-0.39, 0.29) is 17.0 Å². The van der Waals surface area contributed by atoms with Gasteiger partial charge in [0.05, 0.1) is 14.2 Å². The number of methoxy groups -OCH3 is 3. The van der Waals surface area contributed by atoms with Crippen LogP contribution in [0.5, 0.6) is 11.5 Å². The van der Waals surface area contributed by atoms with Crippen LogP contribution in [0.4, 0.5) is 0 Å². The number of likely N-dealkylation sites (tertiary alicyclic amines) is 1. The summed E-state index contributed by atoms with van der Waals surface area (Å²) in [6.07, 6.45) is 4.21. The molecule has 1 aromatic carbocycles. The highest BCUT2D eigenvalue weighted by Crippen LogP contribution is 2.27. The molecule has 0 saturated carbocycles. The molecule has 0 unspecified atom stereocenters. The van der Waals surface area contributed by atoms with E-state index in [0.717, 1.165) is 30.6 Å². The Morgan fingerprint density at radius 2 is 1.77 bits per heavy atom. The lowest BCUT2D eigenvalue weighted by Crippen LogP contribution is -2.42. The minimum Gasteiger partial charge on any atom is -0.493 e. The molecule has 0 spiro atoms. The Morgan fingerprint density at radius 1 is 1.06 bits per heavy atom. The molecule has 0 atom stereocenters. The molecule has 7 nitrogen and oxygen atoms in total. The molecule has 2 aromatic rings. The number of hydrogen-bond acceptors (Lipinski definition) is 5. The summed E-state index contributed by atoms with van der Waals surface area (Å²) in [4.78, 5) is 28.1. The summed E-state index contributed by atoms with van der Waals surface area (Å²) in [6.45, 7) is 4.34. The summed E-state index contributed by atoms with van der Waals surface area (Å²) in [5.74, 6) is 1.63. The van der Waals surface area contributed by atoms with Crippen molar-refractivity contribution in [2.45, 2.75) is 32.7 Å². The third kappa shape index (κ3) is 5.28. The first-order chi connectivity index (χ1) is 15.0. The highest BCUT2D eigenvalue weighted by Gasteiger charge is 2.26. The monoisotopic (exact) mass is 428 g/mol. The van der Waals surface area contributed by atoms with Gasteiger partial charge in [-0.25, -0.2) is 0 Å². The Morgan fingerprint density at radius 3 is 2.42 bits per heavy atom. The molecule has 168 valence electrons. The Bertz CT molecular complexity index is 961. The molecule has 1 aliphatic rings. The van der Waals surface area contributed by atoms with Gasteiger partial charge in [-0.3, -0.25) is 9.59 Å². The number of carbonyl (C=O) groups excluding carboxylic acids is 1. The number of benzene rings is 1. The predicted octanol–water partition coefficient (Wildman–Crippen LogP) is 2.92. The third-order valence-electron chi connectivity index (χ3n) is 5.98. The minimum atomic E-state index is -0.232. The summed E-state index contributed by atoms with van der Waals surface area (Å²) in [5.41, 5.74) is 1.79. The number of carbonyl (C=O) groups is 1. The lowest BCUT2D eigenvalue weighted by atomic mass is 9.97. The van der Waals surface area contributed by atoms with Gasteiger partial charge < -0.3 is 23.7 Å². The van der Waals surface area contributed by atoms with Crippen LogP contribution in [0.3, 0.4) is 0 Å². The van der Waals surface area contributed by atoms with Crippen LogP contribution in [-0.4, -0.2) is 56.4 Å². The molecule has 0 radical (unpaired) electrons. The van der Waals surface area contributed by atoms with E-state index in [9.17, 15) is 9.59 Å². The van der Waals surface area contributed by atoms with E-state index in [1.165, 1.54) is 0 Å². The van der Waals surface area contributed by atoms with Crippen molar-refractivity contribution in [2.24, 2.45) is 5.92 Å². The second-order valence-corrected chi connectivity index (χ2v) is 8.00. The number of pyridine rings is 1. The maximum atomic E-state index is 13.1. The van der Waals surface area contributed by atoms with Crippen LogP contribution in [0.25, 0.3) is 0 Å². The Labute approximate surface area is 183 Å². The van der Waals surface area contributed by atoms with Crippen molar-refractivity contribution >= 4 is 5.91 Å². The summed E-state index contributed by atoms with van der Waals surface area (Å²) >= 11 is 0. The molecule has 7 heteroatoms. The van der Waals surface area contributed by atoms with Gasteiger partial charge in [0.2, 0.25) is 0 Å². The SMILES string of the molecule is COCC1CCN(C(=O)c2c(C)ccn(CCc3ccc(OC)c(OC)c3)c2=O)CC1. The zero-order chi connectivity index (χ0) is 22.4. The van der Waals surface area contributed by atoms with Gasteiger partial charge in [-0.2, -0.15) is 0 Å². The van der Waals surface area contributed by atoms with Crippen LogP contribution in [0, 0.1) is 12.8 Å². The predicted molar refractivity (Wildman–Crippen MR) is 119 cm³/mol. The van der Waals surface area contributed by atoms with E-state index >= 15 is 0 Å². The smallest absolute Gasteiger partial charge is 0.263 e. The number of amides is 1. The zero-order valence-corrected chi connectivity index (χ0v) is 18.8. The summed E-state index contributed by atoms with van der Waals surface area (Å²) in [5, 5.41) is 0. The van der Waals surface area contributed by atoms with Crippen molar-refractivity contribution in [3.8, 4) is 11.5 Å². The molecular formula is C24H32N2O5. The fraction of sp³-hybridized carbons (Fsp3) is 0.500. The van der Waals surface area contributed by atoms with Crippen molar-refractivity contribution in [1.29, 1.82) is 0 Å². The summed E-state index contributed by atoms with van der Waals surface area (Å²) in [6, 6.07) is 7.57. The van der Waals surface area contributed by atoms with Gasteiger partial charge in [-0.05, 0) is 61.4 Å². The van der Waals surface area contributed by atoms with Gasteiger partial charge in [0.15, 0.2) is 11.5 Å². The van der Waals surface area contributed by atoms with E-state index < -0.39 is 0 Å². The van der Waals surface area contributed by atoms with Gasteiger partial charge in [0, 0.05) is 39.5 Å². The van der Waals surface area contributed by atoms with Crippen LogP contribution < -0.4 is 15.0 Å². The molecule has 3 rings (SSSR count). The normalized spacial score (nSPS) is 14.5. The van der Waals surface area contributed by atoms with Gasteiger partial charge in [-0.15, -0.1) is 0 Å². The van der Waals surface area contributed by atoms with Crippen molar-refractivity contribution in [1.82, 2.24) is 9.47 Å². The Kier molecular flexibility index (Phi) is 7.74. The van der Waals surface area contributed by atoms with E-state index in [4.69, 9.17) is 14.2 Å². The van der Waals surface area contributed by atoms with Gasteiger partial charge in [0.1, 0.15) is 5.56 Å². The average molecular weight is 429 g/mol. The van der Waals surface area contributed by atoms with E-state index in [2.05, 4.69) is 0 Å². The standard InChI is InChI=1S/C24H32N2O5/c1-17-7-11-25(12-8-18-5-6-20(30-3)21(15-18)31-4)23(27)22(17)24(28)26-13-9-19(10-14-26)16-29-2/h5-7,11,15,19H,8-10,12-14,16H2,1-4H3. The quantitative estimate of drug-likeness (QED) is 0.647. The highest BCUT2D eigenvalue weighted by molar-refractivity contribution is 5.95. The molecule has 1 amide bonds. The Hall–Kier alpha value is -2.80. The second kappa shape index (κ2) is 10.5. The maximum absolute atomic E-state index is 13.1. The third-order valence-corrected chi connectivity index (χ3v) is 5.98. The van der Waals surface area contributed by atoms with Crippen molar-refractivity contribution in [3.63, 3.8) is 0 Å². The second-order valence-electron chi connectivity index (χ2n) is 8.00. The van der Waals surface area contributed by atoms with E-state index in [1.54, 1.807) is 37.0 Å². The molecule has 1 fully saturated rings. The molecule has 0 aliphatic carbocycles. The highest BCUT2D eigenvalue weighted by atomic mass is 16.5. The fourth-order valence-electron chi connectivity index (χ4n) is 4.08. The lowest BCUT2D eigenvalue weighted by molar-refractivity contribution is 0.0610. The molecule has 1 aliphatic heterocycles. The van der Waals surface area contributed by atoms with Crippen molar-refractivity contribution < 1.29 is 19.0 Å². The van der Waals surface area contributed by atoms with E-state index in [1.807, 2.05) is 31.2 Å². The fourth-order valence-corrected chi connectivity index (χ4v) is 4.08. The maximum Gasteiger partial charge on any atom is 0.263 e. The van der Waals surface area contributed by atoms with Crippen LogP contribution in [-0.2, 0) is 17.7 Å². The first kappa shape index (κ1) is 22.9. The average Bonchev–Trinajstić information content (AvgIpc) is 2.79. The molecule has 0 bridgehead atoms. The number of aromatic nitrogens is 1. The number of piperidine rings is 1. The van der Waals surface area contributed by atoms with Crippen LogP contribution in [0.2, 0.25) is 0 Å². The van der Waals surface area contributed by atoms with Gasteiger partial charge >= 0.3 is 0 Å². The largest absolute Gasteiger partial charge is 0.493 e. The van der Waals surface area contributed by atoms with Gasteiger partial charge in [0.25, 0.3) is 11.5 Å². The first-order valence-electron chi connectivity index (χ1n) is 10.7. The minimum absolute atomic E-state index is 0.168. The zero-order valence-electron chi connectivity index (χ0n) is 18.8. The lowest BCUT2D eigenvalue weighted by Gasteiger charge is -2.32. The first-order valence-corrected chi connectivity index (χ1v) is 10.7. The Balaban J connectivity index is 1.74. The number of aryl methyl sites for hydroxylation is 3. The number of ether oxygens (including phenoxy) is 3. The topological polar surface area (TPSA) is 70.0 Å². The number of hydrogen-bond donors (Lipinski definition) is 0. The van der Waals surface area contributed by atoms with Crippen LogP contribution in [0.1, 0.15) is 34.3 Å². The molecule has 1 saturated heterocycles. The van der Waals surface area contributed by atoms with Crippen LogP contribution in [0.15, 0.2) is 35.3 Å². The van der Waals surface area contributed by atoms with E-state index in [0.29, 0.717) is 43.5 Å². The number of rotatable bonds is 8. The number of nitrogens with zero attached hydrogens (tertiary/aromatic N) is 2. The van der Waals surface area contributed by atoms with Gasteiger partial charge in [-0.1, -0.05) is 6.07 Å².